The third-order valence-corrected chi connectivity index (χ3v) is 6.21. The summed E-state index contributed by atoms with van der Waals surface area (Å²) in [6.07, 6.45) is 3.97. The minimum Gasteiger partial charge on any atom is -0.391 e. The second-order valence-electron chi connectivity index (χ2n) is 6.44. The van der Waals surface area contributed by atoms with Gasteiger partial charge in [0.1, 0.15) is 0 Å². The Morgan fingerprint density at radius 2 is 2.05 bits per heavy atom. The van der Waals surface area contributed by atoms with Crippen molar-refractivity contribution in [1.82, 2.24) is 9.80 Å². The van der Waals surface area contributed by atoms with Gasteiger partial charge in [0.2, 0.25) is 0 Å². The van der Waals surface area contributed by atoms with E-state index in [0.717, 1.165) is 56.7 Å². The highest BCUT2D eigenvalue weighted by molar-refractivity contribution is 7.14. The van der Waals surface area contributed by atoms with Gasteiger partial charge in [0, 0.05) is 37.1 Å². The van der Waals surface area contributed by atoms with Crippen LogP contribution in [0.4, 0.5) is 0 Å². The molecule has 1 saturated carbocycles. The lowest BCUT2D eigenvalue weighted by atomic mass is 10.1. The maximum absolute atomic E-state index is 12.6. The van der Waals surface area contributed by atoms with Crippen LogP contribution >= 0.6 is 11.3 Å². The highest BCUT2D eigenvalue weighted by Gasteiger charge is 2.33. The predicted molar refractivity (Wildman–Crippen MR) is 89.6 cm³/mol. The van der Waals surface area contributed by atoms with E-state index in [2.05, 4.69) is 24.8 Å². The molecule has 5 heteroatoms. The van der Waals surface area contributed by atoms with E-state index in [-0.39, 0.29) is 12.0 Å². The Balaban J connectivity index is 1.59. The number of aryl methyl sites for hydroxylation is 2. The Bertz CT molecular complexity index is 535. The van der Waals surface area contributed by atoms with Crippen molar-refractivity contribution in [3.8, 4) is 0 Å². The van der Waals surface area contributed by atoms with Gasteiger partial charge in [-0.3, -0.25) is 9.69 Å². The van der Waals surface area contributed by atoms with Gasteiger partial charge in [0.05, 0.1) is 11.0 Å². The minimum absolute atomic E-state index is 0.172. The first-order valence-electron chi connectivity index (χ1n) is 8.41. The van der Waals surface area contributed by atoms with E-state index in [0.29, 0.717) is 6.04 Å². The highest BCUT2D eigenvalue weighted by Crippen LogP contribution is 2.27. The smallest absolute Gasteiger partial charge is 0.264 e. The average Bonchev–Trinajstić information content (AvgIpc) is 3.12. The van der Waals surface area contributed by atoms with Gasteiger partial charge < -0.3 is 10.0 Å². The van der Waals surface area contributed by atoms with Crippen LogP contribution in [0.2, 0.25) is 0 Å². The molecule has 4 nitrogen and oxygen atoms in total. The third-order valence-electron chi connectivity index (χ3n) is 5.13. The van der Waals surface area contributed by atoms with Crippen LogP contribution in [0.3, 0.4) is 0 Å². The summed E-state index contributed by atoms with van der Waals surface area (Å²) in [7, 11) is 0. The molecule has 0 bridgehead atoms. The molecule has 22 heavy (non-hydrogen) atoms. The van der Waals surface area contributed by atoms with Crippen LogP contribution in [0.15, 0.2) is 6.07 Å². The molecule has 0 radical (unpaired) electrons. The number of piperazine rings is 1. The van der Waals surface area contributed by atoms with Crippen molar-refractivity contribution in [2.24, 2.45) is 0 Å². The molecule has 2 fully saturated rings. The number of hydrogen-bond donors (Lipinski definition) is 1. The van der Waals surface area contributed by atoms with E-state index in [1.165, 1.54) is 10.4 Å². The summed E-state index contributed by atoms with van der Waals surface area (Å²) >= 11 is 1.62. The summed E-state index contributed by atoms with van der Waals surface area (Å²) in [4.78, 5) is 19.1. The molecule has 1 aromatic rings. The molecule has 0 unspecified atom stereocenters. The summed E-state index contributed by atoms with van der Waals surface area (Å²) < 4.78 is 0. The molecule has 1 amide bonds. The summed E-state index contributed by atoms with van der Waals surface area (Å²) in [6, 6.07) is 2.38. The molecule has 1 N–H and O–H groups in total. The maximum Gasteiger partial charge on any atom is 0.264 e. The SMILES string of the molecule is CCc1cc(C(=O)N2CCN([C@@H]3CCC[C@H]3O)CC2)sc1C. The van der Waals surface area contributed by atoms with Crippen LogP contribution in [0.5, 0.6) is 0 Å². The van der Waals surface area contributed by atoms with Gasteiger partial charge in [0.15, 0.2) is 0 Å². The number of amides is 1. The fourth-order valence-corrected chi connectivity index (χ4v) is 4.82. The molecule has 2 heterocycles. The number of aliphatic hydroxyl groups excluding tert-OH is 1. The first-order chi connectivity index (χ1) is 10.6. The minimum atomic E-state index is -0.172. The number of carbonyl (C=O) groups is 1. The van der Waals surface area contributed by atoms with E-state index in [4.69, 9.17) is 0 Å². The van der Waals surface area contributed by atoms with Gasteiger partial charge in [-0.15, -0.1) is 11.3 Å². The maximum atomic E-state index is 12.6. The number of hydrogen-bond acceptors (Lipinski definition) is 4. The Labute approximate surface area is 136 Å². The summed E-state index contributed by atoms with van der Waals surface area (Å²) in [5, 5.41) is 10.0. The van der Waals surface area contributed by atoms with Gasteiger partial charge in [-0.1, -0.05) is 6.92 Å². The Morgan fingerprint density at radius 3 is 2.59 bits per heavy atom. The molecule has 3 rings (SSSR count). The fraction of sp³-hybridized carbons (Fsp3) is 0.706. The summed E-state index contributed by atoms with van der Waals surface area (Å²) in [5.41, 5.74) is 1.29. The van der Waals surface area contributed by atoms with Gasteiger partial charge in [0.25, 0.3) is 5.91 Å². The predicted octanol–water partition coefficient (Wildman–Crippen LogP) is 2.29. The van der Waals surface area contributed by atoms with Crippen molar-refractivity contribution in [2.75, 3.05) is 26.2 Å². The molecular formula is C17H26N2O2S. The summed E-state index contributed by atoms with van der Waals surface area (Å²) in [5.74, 6) is 0.180. The molecule has 0 aromatic carbocycles. The number of nitrogens with zero attached hydrogens (tertiary/aromatic N) is 2. The second kappa shape index (κ2) is 6.69. The molecular weight excluding hydrogens is 296 g/mol. The molecule has 1 aliphatic carbocycles. The number of aliphatic hydroxyl groups is 1. The highest BCUT2D eigenvalue weighted by atomic mass is 32.1. The van der Waals surface area contributed by atoms with E-state index in [9.17, 15) is 9.90 Å². The van der Waals surface area contributed by atoms with Crippen molar-refractivity contribution in [1.29, 1.82) is 0 Å². The zero-order chi connectivity index (χ0) is 15.7. The molecule has 2 atom stereocenters. The second-order valence-corrected chi connectivity index (χ2v) is 7.70. The summed E-state index contributed by atoms with van der Waals surface area (Å²) in [6.45, 7) is 7.56. The normalized spacial score (nSPS) is 26.6. The standard InChI is InChI=1S/C17H26N2O2S/c1-3-13-11-16(22-12(13)2)17(21)19-9-7-18(8-10-19)14-5-4-6-15(14)20/h11,14-15,20H,3-10H2,1-2H3/t14-,15-/m1/s1. The van der Waals surface area contributed by atoms with E-state index < -0.39 is 0 Å². The zero-order valence-corrected chi connectivity index (χ0v) is 14.4. The number of carbonyl (C=O) groups excluding carboxylic acids is 1. The zero-order valence-electron chi connectivity index (χ0n) is 13.5. The van der Waals surface area contributed by atoms with E-state index in [1.807, 2.05) is 4.90 Å². The Morgan fingerprint density at radius 1 is 1.32 bits per heavy atom. The Kier molecular flexibility index (Phi) is 4.85. The average molecular weight is 322 g/mol. The lowest BCUT2D eigenvalue weighted by Gasteiger charge is -2.39. The molecule has 122 valence electrons. The van der Waals surface area contributed by atoms with Crippen LogP contribution in [0.1, 0.15) is 46.3 Å². The first kappa shape index (κ1) is 16.0. The quantitative estimate of drug-likeness (QED) is 0.928. The van der Waals surface area contributed by atoms with Crippen LogP contribution in [-0.2, 0) is 6.42 Å². The van der Waals surface area contributed by atoms with Crippen molar-refractivity contribution in [2.45, 2.75) is 51.7 Å². The monoisotopic (exact) mass is 322 g/mol. The molecule has 1 saturated heterocycles. The van der Waals surface area contributed by atoms with Crippen LogP contribution < -0.4 is 0 Å². The van der Waals surface area contributed by atoms with Crippen molar-refractivity contribution < 1.29 is 9.90 Å². The first-order valence-corrected chi connectivity index (χ1v) is 9.22. The fourth-order valence-electron chi connectivity index (χ4n) is 3.74. The molecule has 1 aromatic heterocycles. The van der Waals surface area contributed by atoms with Crippen molar-refractivity contribution >= 4 is 17.2 Å². The van der Waals surface area contributed by atoms with E-state index in [1.54, 1.807) is 11.3 Å². The van der Waals surface area contributed by atoms with Gasteiger partial charge in [-0.25, -0.2) is 0 Å². The van der Waals surface area contributed by atoms with Crippen LogP contribution in [-0.4, -0.2) is 59.1 Å². The van der Waals surface area contributed by atoms with Crippen LogP contribution in [0.25, 0.3) is 0 Å². The largest absolute Gasteiger partial charge is 0.391 e. The lowest BCUT2D eigenvalue weighted by Crippen LogP contribution is -2.53. The molecule has 0 spiro atoms. The van der Waals surface area contributed by atoms with Crippen molar-refractivity contribution in [3.05, 3.63) is 21.4 Å². The number of rotatable bonds is 3. The Hall–Kier alpha value is -0.910. The van der Waals surface area contributed by atoms with Gasteiger partial charge in [-0.05, 0) is 44.2 Å². The van der Waals surface area contributed by atoms with Gasteiger partial charge >= 0.3 is 0 Å². The van der Waals surface area contributed by atoms with Gasteiger partial charge in [-0.2, -0.15) is 0 Å². The lowest BCUT2D eigenvalue weighted by molar-refractivity contribution is 0.0318. The van der Waals surface area contributed by atoms with Crippen molar-refractivity contribution in [3.63, 3.8) is 0 Å². The third kappa shape index (κ3) is 3.07. The molecule has 2 aliphatic rings. The molecule has 1 aliphatic heterocycles. The number of thiophene rings is 1. The van der Waals surface area contributed by atoms with Crippen LogP contribution in [0, 0.1) is 6.92 Å². The topological polar surface area (TPSA) is 43.8 Å². The van der Waals surface area contributed by atoms with E-state index >= 15 is 0 Å².